The van der Waals surface area contributed by atoms with E-state index in [1.165, 1.54) is 16.2 Å². The quantitative estimate of drug-likeness (QED) is 0.868. The summed E-state index contributed by atoms with van der Waals surface area (Å²) in [5, 5.41) is 7.58. The first-order valence-corrected chi connectivity index (χ1v) is 8.63. The Bertz CT molecular complexity index is 683. The molecular formula is C15H15Cl2N3OS. The van der Waals surface area contributed by atoms with Crippen molar-refractivity contribution in [1.82, 2.24) is 10.3 Å². The zero-order valence-electron chi connectivity index (χ0n) is 11.7. The third-order valence-corrected chi connectivity index (χ3v) is 5.30. The van der Waals surface area contributed by atoms with Crippen molar-refractivity contribution < 1.29 is 4.79 Å². The molecule has 0 radical (unpaired) electrons. The predicted octanol–water partition coefficient (Wildman–Crippen LogP) is 4.17. The van der Waals surface area contributed by atoms with Crippen molar-refractivity contribution in [2.75, 3.05) is 18.4 Å². The molecule has 0 unspecified atom stereocenters. The molecule has 0 saturated carbocycles. The summed E-state index contributed by atoms with van der Waals surface area (Å²) < 4.78 is 0. The highest BCUT2D eigenvalue weighted by molar-refractivity contribution is 7.15. The molecule has 2 N–H and O–H groups in total. The van der Waals surface area contributed by atoms with E-state index in [0.29, 0.717) is 26.7 Å². The molecule has 0 aliphatic carbocycles. The van der Waals surface area contributed by atoms with Gasteiger partial charge in [-0.2, -0.15) is 0 Å². The van der Waals surface area contributed by atoms with Crippen LogP contribution < -0.4 is 10.6 Å². The summed E-state index contributed by atoms with van der Waals surface area (Å²) in [4.78, 5) is 17.8. The minimum Gasteiger partial charge on any atom is -0.317 e. The number of rotatable bonds is 3. The number of hydrogen-bond donors (Lipinski definition) is 2. The Kier molecular flexibility index (Phi) is 4.98. The number of thiazole rings is 1. The van der Waals surface area contributed by atoms with E-state index in [2.05, 4.69) is 15.6 Å². The van der Waals surface area contributed by atoms with Crippen LogP contribution in [0.1, 0.15) is 34.0 Å². The number of carbonyl (C=O) groups excluding carboxylic acids is 1. The second-order valence-electron chi connectivity index (χ2n) is 5.17. The number of halogens is 2. The fourth-order valence-corrected chi connectivity index (χ4v) is 3.83. The Morgan fingerprint density at radius 3 is 2.86 bits per heavy atom. The molecule has 1 aromatic carbocycles. The summed E-state index contributed by atoms with van der Waals surface area (Å²) in [6.45, 7) is 2.06. The summed E-state index contributed by atoms with van der Waals surface area (Å²) in [5.74, 6) is 0.234. The van der Waals surface area contributed by atoms with Gasteiger partial charge in [0.15, 0.2) is 5.13 Å². The molecule has 1 aliphatic rings. The van der Waals surface area contributed by atoms with Crippen LogP contribution in [0.3, 0.4) is 0 Å². The van der Waals surface area contributed by atoms with Gasteiger partial charge in [0, 0.05) is 16.1 Å². The van der Waals surface area contributed by atoms with Crippen molar-refractivity contribution in [2.24, 2.45) is 0 Å². The van der Waals surface area contributed by atoms with Gasteiger partial charge in [-0.15, -0.1) is 11.3 Å². The monoisotopic (exact) mass is 355 g/mol. The molecule has 116 valence electrons. The van der Waals surface area contributed by atoms with E-state index in [9.17, 15) is 4.79 Å². The molecule has 1 aromatic heterocycles. The van der Waals surface area contributed by atoms with Crippen molar-refractivity contribution in [3.8, 4) is 0 Å². The Morgan fingerprint density at radius 2 is 2.09 bits per heavy atom. The predicted molar refractivity (Wildman–Crippen MR) is 91.4 cm³/mol. The number of anilines is 1. The lowest BCUT2D eigenvalue weighted by molar-refractivity contribution is 0.102. The number of nitrogens with one attached hydrogen (secondary N) is 2. The molecule has 0 spiro atoms. The van der Waals surface area contributed by atoms with Crippen molar-refractivity contribution in [3.05, 3.63) is 44.9 Å². The van der Waals surface area contributed by atoms with Gasteiger partial charge in [-0.3, -0.25) is 10.1 Å². The van der Waals surface area contributed by atoms with Crippen molar-refractivity contribution in [1.29, 1.82) is 0 Å². The lowest BCUT2D eigenvalue weighted by Crippen LogP contribution is -2.26. The number of amides is 1. The third kappa shape index (κ3) is 3.60. The van der Waals surface area contributed by atoms with Crippen molar-refractivity contribution in [2.45, 2.75) is 18.8 Å². The summed E-state index contributed by atoms with van der Waals surface area (Å²) in [6, 6.07) is 4.82. The fourth-order valence-electron chi connectivity index (χ4n) is 2.48. The van der Waals surface area contributed by atoms with Crippen LogP contribution in [0.5, 0.6) is 0 Å². The van der Waals surface area contributed by atoms with E-state index >= 15 is 0 Å². The third-order valence-electron chi connectivity index (χ3n) is 3.66. The molecule has 1 fully saturated rings. The zero-order chi connectivity index (χ0) is 15.5. The smallest absolute Gasteiger partial charge is 0.259 e. The standard InChI is InChI=1S/C15H15Cl2N3OS/c16-10-1-2-12(17)11(7-10)14(21)20-15-19-8-13(22-15)9-3-5-18-6-4-9/h1-2,7-9,18H,3-6H2,(H,19,20,21). The van der Waals surface area contributed by atoms with Gasteiger partial charge >= 0.3 is 0 Å². The summed E-state index contributed by atoms with van der Waals surface area (Å²) in [7, 11) is 0. The van der Waals surface area contributed by atoms with Crippen molar-refractivity contribution in [3.63, 3.8) is 0 Å². The second kappa shape index (κ2) is 6.96. The number of piperidine rings is 1. The van der Waals surface area contributed by atoms with Crippen LogP contribution in [0.15, 0.2) is 24.4 Å². The Morgan fingerprint density at radius 1 is 1.32 bits per heavy atom. The maximum absolute atomic E-state index is 12.3. The lowest BCUT2D eigenvalue weighted by Gasteiger charge is -2.20. The van der Waals surface area contributed by atoms with Crippen LogP contribution in [0.25, 0.3) is 0 Å². The lowest BCUT2D eigenvalue weighted by atomic mass is 9.97. The Labute approximate surface area is 142 Å². The topological polar surface area (TPSA) is 54.0 Å². The SMILES string of the molecule is O=C(Nc1ncc(C2CCNCC2)s1)c1cc(Cl)ccc1Cl. The first-order valence-electron chi connectivity index (χ1n) is 7.06. The van der Waals surface area contributed by atoms with E-state index in [1.54, 1.807) is 18.2 Å². The molecule has 1 aliphatic heterocycles. The number of benzene rings is 1. The van der Waals surface area contributed by atoms with E-state index in [1.807, 2.05) is 6.20 Å². The number of nitrogens with zero attached hydrogens (tertiary/aromatic N) is 1. The van der Waals surface area contributed by atoms with Gasteiger partial charge in [-0.1, -0.05) is 23.2 Å². The maximum Gasteiger partial charge on any atom is 0.259 e. The van der Waals surface area contributed by atoms with Crippen LogP contribution in [-0.2, 0) is 0 Å². The van der Waals surface area contributed by atoms with E-state index in [0.717, 1.165) is 25.9 Å². The first-order chi connectivity index (χ1) is 10.6. The van der Waals surface area contributed by atoms with Gasteiger partial charge in [0.1, 0.15) is 0 Å². The van der Waals surface area contributed by atoms with Gasteiger partial charge in [-0.05, 0) is 50.0 Å². The van der Waals surface area contributed by atoms with E-state index in [-0.39, 0.29) is 5.91 Å². The average Bonchev–Trinajstić information content (AvgIpc) is 2.99. The highest BCUT2D eigenvalue weighted by Gasteiger charge is 2.19. The molecule has 1 amide bonds. The van der Waals surface area contributed by atoms with E-state index in [4.69, 9.17) is 23.2 Å². The Balaban J connectivity index is 1.71. The van der Waals surface area contributed by atoms with Gasteiger partial charge in [0.25, 0.3) is 5.91 Å². The second-order valence-corrected chi connectivity index (χ2v) is 7.08. The molecular weight excluding hydrogens is 341 g/mol. The molecule has 1 saturated heterocycles. The molecule has 4 nitrogen and oxygen atoms in total. The minimum atomic E-state index is -0.293. The van der Waals surface area contributed by atoms with Crippen LogP contribution in [-0.4, -0.2) is 24.0 Å². The van der Waals surface area contributed by atoms with Crippen LogP contribution >= 0.6 is 34.5 Å². The largest absolute Gasteiger partial charge is 0.317 e. The van der Waals surface area contributed by atoms with Crippen LogP contribution in [0.4, 0.5) is 5.13 Å². The zero-order valence-corrected chi connectivity index (χ0v) is 14.1. The van der Waals surface area contributed by atoms with Crippen LogP contribution in [0.2, 0.25) is 10.0 Å². The van der Waals surface area contributed by atoms with Crippen molar-refractivity contribution >= 4 is 45.6 Å². The average molecular weight is 356 g/mol. The maximum atomic E-state index is 12.3. The summed E-state index contributed by atoms with van der Waals surface area (Å²) in [6.07, 6.45) is 4.07. The molecule has 0 bridgehead atoms. The Hall–Kier alpha value is -1.14. The number of aromatic nitrogens is 1. The summed E-state index contributed by atoms with van der Waals surface area (Å²) >= 11 is 13.5. The summed E-state index contributed by atoms with van der Waals surface area (Å²) in [5.41, 5.74) is 0.354. The molecule has 2 aromatic rings. The molecule has 7 heteroatoms. The molecule has 2 heterocycles. The van der Waals surface area contributed by atoms with Crippen LogP contribution in [0, 0.1) is 0 Å². The minimum absolute atomic E-state index is 0.293. The van der Waals surface area contributed by atoms with Gasteiger partial charge in [-0.25, -0.2) is 4.98 Å². The van der Waals surface area contributed by atoms with Gasteiger partial charge < -0.3 is 5.32 Å². The highest BCUT2D eigenvalue weighted by Crippen LogP contribution is 2.32. The molecule has 22 heavy (non-hydrogen) atoms. The van der Waals surface area contributed by atoms with Gasteiger partial charge in [0.05, 0.1) is 10.6 Å². The number of hydrogen-bond acceptors (Lipinski definition) is 4. The van der Waals surface area contributed by atoms with E-state index < -0.39 is 0 Å². The fraction of sp³-hybridized carbons (Fsp3) is 0.333. The first kappa shape index (κ1) is 15.7. The van der Waals surface area contributed by atoms with Gasteiger partial charge in [0.2, 0.25) is 0 Å². The normalized spacial score (nSPS) is 15.7. The molecule has 3 rings (SSSR count). The highest BCUT2D eigenvalue weighted by atomic mass is 35.5. The molecule has 0 atom stereocenters. The number of carbonyl (C=O) groups is 1.